The molecule has 0 saturated heterocycles. The normalized spacial score (nSPS) is 10.4. The predicted molar refractivity (Wildman–Crippen MR) is 121 cm³/mol. The molecule has 11 nitrogen and oxygen atoms in total. The van der Waals surface area contributed by atoms with Crippen molar-refractivity contribution >= 4 is 17.9 Å². The summed E-state index contributed by atoms with van der Waals surface area (Å²) < 4.78 is 10.8. The molecule has 34 heavy (non-hydrogen) atoms. The Kier molecular flexibility index (Phi) is 6.26. The number of hydrogen-bond donors (Lipinski definition) is 4. The van der Waals surface area contributed by atoms with Crippen molar-refractivity contribution in [2.24, 2.45) is 0 Å². The fourth-order valence-electron chi connectivity index (χ4n) is 3.27. The smallest absolute Gasteiger partial charge is 0.425 e. The standard InChI is InChI=1S/C23H19N5O6/c1-33-16-10-5-9-15(13-16)18-19(17-11-6-12-34-17)26-28(27-23(31)32)20(18)22(30)25-24-21(29)14-7-3-2-4-8-14/h2-13,27H,1H3,(H,24,29)(H,25,30)(H,31,32). The zero-order valence-corrected chi connectivity index (χ0v) is 17.8. The third-order valence-electron chi connectivity index (χ3n) is 4.74. The largest absolute Gasteiger partial charge is 0.497 e. The average molecular weight is 461 g/mol. The van der Waals surface area contributed by atoms with Gasteiger partial charge >= 0.3 is 6.09 Å². The predicted octanol–water partition coefficient (Wildman–Crippen LogP) is 3.12. The van der Waals surface area contributed by atoms with Crippen molar-refractivity contribution < 1.29 is 28.6 Å². The molecule has 0 unspecified atom stereocenters. The summed E-state index contributed by atoms with van der Waals surface area (Å²) in [6.45, 7) is 0. The Morgan fingerprint density at radius 3 is 2.41 bits per heavy atom. The topological polar surface area (TPSA) is 148 Å². The van der Waals surface area contributed by atoms with Gasteiger partial charge in [0.25, 0.3) is 11.8 Å². The minimum atomic E-state index is -1.45. The van der Waals surface area contributed by atoms with Crippen LogP contribution < -0.4 is 21.0 Å². The molecular weight excluding hydrogens is 442 g/mol. The van der Waals surface area contributed by atoms with Crippen LogP contribution in [0.2, 0.25) is 0 Å². The van der Waals surface area contributed by atoms with E-state index in [9.17, 15) is 19.5 Å². The van der Waals surface area contributed by atoms with Gasteiger partial charge in [0.15, 0.2) is 11.5 Å². The van der Waals surface area contributed by atoms with Crippen LogP contribution in [0.3, 0.4) is 0 Å². The Morgan fingerprint density at radius 2 is 1.74 bits per heavy atom. The Hall–Kier alpha value is -5.06. The molecule has 0 aliphatic rings. The van der Waals surface area contributed by atoms with Crippen LogP contribution in [-0.2, 0) is 0 Å². The second-order valence-corrected chi connectivity index (χ2v) is 6.88. The van der Waals surface area contributed by atoms with Crippen molar-refractivity contribution in [3.63, 3.8) is 0 Å². The molecule has 0 bridgehead atoms. The van der Waals surface area contributed by atoms with E-state index in [0.29, 0.717) is 22.6 Å². The minimum absolute atomic E-state index is 0.185. The molecule has 4 aromatic rings. The highest BCUT2D eigenvalue weighted by Crippen LogP contribution is 2.36. The molecule has 2 heterocycles. The minimum Gasteiger partial charge on any atom is -0.497 e. The van der Waals surface area contributed by atoms with Crippen LogP contribution in [0.4, 0.5) is 4.79 Å². The number of nitrogens with zero attached hydrogens (tertiary/aromatic N) is 2. The quantitative estimate of drug-likeness (QED) is 0.323. The lowest BCUT2D eigenvalue weighted by Gasteiger charge is -2.11. The van der Waals surface area contributed by atoms with Crippen LogP contribution in [-0.4, -0.2) is 40.0 Å². The molecule has 4 N–H and O–H groups in total. The lowest BCUT2D eigenvalue weighted by molar-refractivity contribution is 0.0842. The third kappa shape index (κ3) is 4.58. The summed E-state index contributed by atoms with van der Waals surface area (Å²) in [5.41, 5.74) is 7.81. The second-order valence-electron chi connectivity index (χ2n) is 6.88. The van der Waals surface area contributed by atoms with Crippen molar-refractivity contribution in [2.45, 2.75) is 0 Å². The Bertz CT molecular complexity index is 1330. The number of ether oxygens (including phenoxy) is 1. The molecule has 0 aliphatic heterocycles. The molecular formula is C23H19N5O6. The summed E-state index contributed by atoms with van der Waals surface area (Å²) in [7, 11) is 1.49. The molecule has 0 saturated carbocycles. The molecule has 172 valence electrons. The SMILES string of the molecule is COc1cccc(-c2c(-c3ccco3)nn(NC(=O)O)c2C(=O)NNC(=O)c2ccccc2)c1. The maximum Gasteiger partial charge on any atom is 0.425 e. The summed E-state index contributed by atoms with van der Waals surface area (Å²) in [6, 6.07) is 18.3. The lowest BCUT2D eigenvalue weighted by Crippen LogP contribution is -2.43. The van der Waals surface area contributed by atoms with Crippen LogP contribution in [0.5, 0.6) is 5.75 Å². The van der Waals surface area contributed by atoms with Crippen LogP contribution in [0, 0.1) is 0 Å². The summed E-state index contributed by atoms with van der Waals surface area (Å²) in [5, 5.41) is 13.6. The number of hydrogen-bond acceptors (Lipinski definition) is 6. The first kappa shape index (κ1) is 22.1. The van der Waals surface area contributed by atoms with Gasteiger partial charge in [-0.2, -0.15) is 4.79 Å². The van der Waals surface area contributed by atoms with Crippen molar-refractivity contribution in [3.8, 4) is 28.3 Å². The maximum absolute atomic E-state index is 13.2. The molecule has 0 fully saturated rings. The fraction of sp³-hybridized carbons (Fsp3) is 0.0435. The highest BCUT2D eigenvalue weighted by Gasteiger charge is 2.28. The lowest BCUT2D eigenvalue weighted by atomic mass is 10.0. The summed E-state index contributed by atoms with van der Waals surface area (Å²) >= 11 is 0. The van der Waals surface area contributed by atoms with Crippen molar-refractivity contribution in [2.75, 3.05) is 12.5 Å². The van der Waals surface area contributed by atoms with Gasteiger partial charge in [0, 0.05) is 11.1 Å². The van der Waals surface area contributed by atoms with Gasteiger partial charge in [-0.15, -0.1) is 5.10 Å². The van der Waals surface area contributed by atoms with Gasteiger partial charge < -0.3 is 14.3 Å². The molecule has 4 rings (SSSR count). The molecule has 0 spiro atoms. The van der Waals surface area contributed by atoms with Crippen LogP contribution >= 0.6 is 0 Å². The molecule has 0 atom stereocenters. The van der Waals surface area contributed by atoms with Crippen LogP contribution in [0.1, 0.15) is 20.8 Å². The van der Waals surface area contributed by atoms with E-state index in [2.05, 4.69) is 21.4 Å². The molecule has 3 amide bonds. The van der Waals surface area contributed by atoms with Gasteiger partial charge in [0.05, 0.1) is 13.4 Å². The van der Waals surface area contributed by atoms with E-state index in [4.69, 9.17) is 9.15 Å². The number of furan rings is 1. The van der Waals surface area contributed by atoms with Crippen LogP contribution in [0.15, 0.2) is 77.4 Å². The van der Waals surface area contributed by atoms with E-state index < -0.39 is 17.9 Å². The van der Waals surface area contributed by atoms with Gasteiger partial charge in [-0.1, -0.05) is 30.3 Å². The molecule has 0 aliphatic carbocycles. The van der Waals surface area contributed by atoms with Gasteiger partial charge in [-0.3, -0.25) is 20.4 Å². The number of carbonyl (C=O) groups is 3. The molecule has 11 heteroatoms. The number of amides is 3. The molecule has 2 aromatic carbocycles. The van der Waals surface area contributed by atoms with E-state index in [1.807, 2.05) is 0 Å². The number of benzene rings is 2. The molecule has 2 aromatic heterocycles. The Morgan fingerprint density at radius 1 is 0.971 bits per heavy atom. The average Bonchev–Trinajstić information content (AvgIpc) is 3.51. The molecule has 0 radical (unpaired) electrons. The zero-order chi connectivity index (χ0) is 24.1. The number of rotatable bonds is 6. The first-order chi connectivity index (χ1) is 16.5. The summed E-state index contributed by atoms with van der Waals surface area (Å²) in [5.74, 6) is -0.571. The summed E-state index contributed by atoms with van der Waals surface area (Å²) in [6.07, 6.45) is -0.0261. The number of aromatic nitrogens is 2. The number of nitrogens with one attached hydrogen (secondary N) is 3. The van der Waals surface area contributed by atoms with Crippen LogP contribution in [0.25, 0.3) is 22.6 Å². The highest BCUT2D eigenvalue weighted by atomic mass is 16.5. The van der Waals surface area contributed by atoms with E-state index in [1.54, 1.807) is 66.7 Å². The van der Waals surface area contributed by atoms with Crippen molar-refractivity contribution in [1.82, 2.24) is 20.7 Å². The van der Waals surface area contributed by atoms with E-state index >= 15 is 0 Å². The first-order valence-electron chi connectivity index (χ1n) is 9.95. The third-order valence-corrected chi connectivity index (χ3v) is 4.74. The number of carboxylic acid groups (broad SMARTS) is 1. The van der Waals surface area contributed by atoms with Gasteiger partial charge in [-0.05, 0) is 42.0 Å². The first-order valence-corrected chi connectivity index (χ1v) is 9.95. The number of methoxy groups -OCH3 is 1. The van der Waals surface area contributed by atoms with E-state index in [-0.39, 0.29) is 17.0 Å². The van der Waals surface area contributed by atoms with Gasteiger partial charge in [0.2, 0.25) is 0 Å². The monoisotopic (exact) mass is 461 g/mol. The Labute approximate surface area is 192 Å². The fourth-order valence-corrected chi connectivity index (χ4v) is 3.27. The van der Waals surface area contributed by atoms with E-state index in [0.717, 1.165) is 4.79 Å². The Balaban J connectivity index is 1.79. The van der Waals surface area contributed by atoms with Gasteiger partial charge in [-0.25, -0.2) is 10.2 Å². The van der Waals surface area contributed by atoms with Gasteiger partial charge in [0.1, 0.15) is 11.4 Å². The van der Waals surface area contributed by atoms with E-state index in [1.165, 1.54) is 13.4 Å². The maximum atomic E-state index is 13.2. The highest BCUT2D eigenvalue weighted by molar-refractivity contribution is 6.04. The second kappa shape index (κ2) is 9.61. The summed E-state index contributed by atoms with van der Waals surface area (Å²) in [4.78, 5) is 37.8. The van der Waals surface area contributed by atoms with Crippen molar-refractivity contribution in [1.29, 1.82) is 0 Å². The zero-order valence-electron chi connectivity index (χ0n) is 17.8. The number of carbonyl (C=O) groups excluding carboxylic acids is 2. The van der Waals surface area contributed by atoms with Crippen molar-refractivity contribution in [3.05, 3.63) is 84.3 Å². The number of hydrazine groups is 1.